The van der Waals surface area contributed by atoms with Crippen LogP contribution in [0.2, 0.25) is 0 Å². The topological polar surface area (TPSA) is 57.6 Å². The molecule has 2 aromatic carbocycles. The van der Waals surface area contributed by atoms with Gasteiger partial charge < -0.3 is 5.11 Å². The summed E-state index contributed by atoms with van der Waals surface area (Å²) in [4.78, 5) is 25.8. The molecule has 0 saturated carbocycles. The fourth-order valence-corrected chi connectivity index (χ4v) is 2.98. The molecular weight excluding hydrogens is 266 g/mol. The highest BCUT2D eigenvalue weighted by molar-refractivity contribution is 6.05. The maximum Gasteiger partial charge on any atom is 0.334 e. The molecule has 1 aliphatic rings. The summed E-state index contributed by atoms with van der Waals surface area (Å²) < 4.78 is 0. The largest absolute Gasteiger partial charge is 0.479 e. The first-order valence-corrected chi connectivity index (χ1v) is 6.83. The lowest BCUT2D eigenvalue weighted by Crippen LogP contribution is -2.49. The van der Waals surface area contributed by atoms with Gasteiger partial charge in [-0.1, -0.05) is 48.5 Å². The molecular formula is C17H15NO3. The minimum atomic E-state index is -1.32. The van der Waals surface area contributed by atoms with Crippen molar-refractivity contribution in [1.29, 1.82) is 0 Å². The number of anilines is 1. The van der Waals surface area contributed by atoms with Crippen LogP contribution in [0.1, 0.15) is 18.4 Å². The Bertz CT molecular complexity index is 669. The van der Waals surface area contributed by atoms with E-state index < -0.39 is 11.5 Å². The van der Waals surface area contributed by atoms with Crippen LogP contribution in [0.5, 0.6) is 0 Å². The van der Waals surface area contributed by atoms with E-state index in [4.69, 9.17) is 0 Å². The molecule has 1 heterocycles. The van der Waals surface area contributed by atoms with Crippen LogP contribution in [0, 0.1) is 0 Å². The van der Waals surface area contributed by atoms with Crippen molar-refractivity contribution in [2.75, 3.05) is 4.90 Å². The smallest absolute Gasteiger partial charge is 0.334 e. The third-order valence-electron chi connectivity index (χ3n) is 3.95. The Morgan fingerprint density at radius 1 is 1.00 bits per heavy atom. The van der Waals surface area contributed by atoms with Crippen molar-refractivity contribution in [2.24, 2.45) is 0 Å². The molecule has 0 aromatic heterocycles. The van der Waals surface area contributed by atoms with Crippen molar-refractivity contribution >= 4 is 17.6 Å². The molecule has 0 spiro atoms. The van der Waals surface area contributed by atoms with Crippen LogP contribution in [0.3, 0.4) is 0 Å². The van der Waals surface area contributed by atoms with Gasteiger partial charge in [0.2, 0.25) is 5.91 Å². The summed E-state index contributed by atoms with van der Waals surface area (Å²) in [6, 6.07) is 18.0. The zero-order chi connectivity index (χ0) is 14.9. The maximum absolute atomic E-state index is 12.3. The molecule has 21 heavy (non-hydrogen) atoms. The Labute approximate surface area is 122 Å². The monoisotopic (exact) mass is 281 g/mol. The summed E-state index contributed by atoms with van der Waals surface area (Å²) in [5.74, 6) is -1.16. The summed E-state index contributed by atoms with van der Waals surface area (Å²) in [6.45, 7) is 0. The normalized spacial score (nSPS) is 21.5. The number of benzene rings is 2. The number of para-hydroxylation sites is 1. The lowest BCUT2D eigenvalue weighted by Gasteiger charge is -2.35. The highest BCUT2D eigenvalue weighted by Gasteiger charge is 2.53. The lowest BCUT2D eigenvalue weighted by atomic mass is 9.87. The van der Waals surface area contributed by atoms with Crippen LogP contribution in [0.15, 0.2) is 60.7 Å². The van der Waals surface area contributed by atoms with Crippen LogP contribution < -0.4 is 4.90 Å². The van der Waals surface area contributed by atoms with Crippen LogP contribution in [-0.2, 0) is 15.1 Å². The number of carbonyl (C=O) groups excluding carboxylic acids is 1. The van der Waals surface area contributed by atoms with Gasteiger partial charge in [-0.3, -0.25) is 9.69 Å². The van der Waals surface area contributed by atoms with E-state index >= 15 is 0 Å². The van der Waals surface area contributed by atoms with Gasteiger partial charge in [-0.25, -0.2) is 4.79 Å². The highest BCUT2D eigenvalue weighted by Crippen LogP contribution is 2.42. The number of hydrogen-bond acceptors (Lipinski definition) is 2. The lowest BCUT2D eigenvalue weighted by molar-refractivity contribution is -0.144. The van der Waals surface area contributed by atoms with Gasteiger partial charge >= 0.3 is 5.97 Å². The Hall–Kier alpha value is -2.62. The molecule has 1 fully saturated rings. The molecule has 0 bridgehead atoms. The van der Waals surface area contributed by atoms with Gasteiger partial charge in [0.05, 0.1) is 0 Å². The minimum Gasteiger partial charge on any atom is -0.479 e. The number of nitrogens with zero attached hydrogens (tertiary/aromatic N) is 1. The van der Waals surface area contributed by atoms with E-state index in [2.05, 4.69) is 0 Å². The second kappa shape index (κ2) is 5.05. The van der Waals surface area contributed by atoms with Gasteiger partial charge in [-0.05, 0) is 24.1 Å². The van der Waals surface area contributed by atoms with E-state index in [0.717, 1.165) is 0 Å². The van der Waals surface area contributed by atoms with Gasteiger partial charge in [0.15, 0.2) is 5.54 Å². The average Bonchev–Trinajstić information content (AvgIpc) is 2.87. The SMILES string of the molecule is O=C1CCC(C(=O)O)(c2ccccc2)N1c1ccccc1. The second-order valence-electron chi connectivity index (χ2n) is 5.10. The third-order valence-corrected chi connectivity index (χ3v) is 3.95. The number of hydrogen-bond donors (Lipinski definition) is 1. The molecule has 106 valence electrons. The average molecular weight is 281 g/mol. The molecule has 1 aliphatic heterocycles. The van der Waals surface area contributed by atoms with Crippen LogP contribution >= 0.6 is 0 Å². The number of aliphatic carboxylic acids is 1. The first-order valence-electron chi connectivity index (χ1n) is 6.83. The van der Waals surface area contributed by atoms with Gasteiger partial charge in [-0.15, -0.1) is 0 Å². The summed E-state index contributed by atoms with van der Waals surface area (Å²) in [5.41, 5.74) is -0.0712. The number of amides is 1. The van der Waals surface area contributed by atoms with Crippen molar-refractivity contribution in [3.05, 3.63) is 66.2 Å². The first kappa shape index (κ1) is 13.4. The molecule has 1 saturated heterocycles. The molecule has 2 aromatic rings. The van der Waals surface area contributed by atoms with Crippen molar-refractivity contribution in [2.45, 2.75) is 18.4 Å². The van der Waals surface area contributed by atoms with Gasteiger partial charge in [-0.2, -0.15) is 0 Å². The Morgan fingerprint density at radius 2 is 1.57 bits per heavy atom. The van der Waals surface area contributed by atoms with E-state index in [1.54, 1.807) is 48.5 Å². The molecule has 1 unspecified atom stereocenters. The molecule has 4 heteroatoms. The number of carboxylic acid groups (broad SMARTS) is 1. The fourth-order valence-electron chi connectivity index (χ4n) is 2.98. The van der Waals surface area contributed by atoms with Crippen LogP contribution in [-0.4, -0.2) is 17.0 Å². The van der Waals surface area contributed by atoms with Gasteiger partial charge in [0, 0.05) is 12.1 Å². The molecule has 1 amide bonds. The van der Waals surface area contributed by atoms with Crippen molar-refractivity contribution in [1.82, 2.24) is 0 Å². The number of carbonyl (C=O) groups is 2. The summed E-state index contributed by atoms with van der Waals surface area (Å²) in [5, 5.41) is 9.87. The molecule has 3 rings (SSSR count). The van der Waals surface area contributed by atoms with Gasteiger partial charge in [0.1, 0.15) is 0 Å². The van der Waals surface area contributed by atoms with Crippen molar-refractivity contribution < 1.29 is 14.7 Å². The molecule has 0 radical (unpaired) electrons. The predicted molar refractivity (Wildman–Crippen MR) is 78.9 cm³/mol. The maximum atomic E-state index is 12.3. The number of rotatable bonds is 3. The Morgan fingerprint density at radius 3 is 2.14 bits per heavy atom. The van der Waals surface area contributed by atoms with E-state index in [1.165, 1.54) is 4.90 Å². The Kier molecular flexibility index (Phi) is 3.22. The van der Waals surface area contributed by atoms with Crippen molar-refractivity contribution in [3.8, 4) is 0 Å². The minimum absolute atomic E-state index is 0.160. The van der Waals surface area contributed by atoms with E-state index in [0.29, 0.717) is 11.3 Å². The number of carboxylic acids is 1. The summed E-state index contributed by atoms with van der Waals surface area (Å²) in [6.07, 6.45) is 0.510. The zero-order valence-electron chi connectivity index (χ0n) is 11.4. The standard InChI is InChI=1S/C17H15NO3/c19-15-11-12-17(16(20)21,13-7-3-1-4-8-13)18(15)14-9-5-2-6-10-14/h1-10H,11-12H2,(H,20,21). The molecule has 0 aliphatic carbocycles. The quantitative estimate of drug-likeness (QED) is 0.941. The van der Waals surface area contributed by atoms with E-state index in [1.807, 2.05) is 12.1 Å². The fraction of sp³-hybridized carbons (Fsp3) is 0.176. The summed E-state index contributed by atoms with van der Waals surface area (Å²) in [7, 11) is 0. The third kappa shape index (κ3) is 2.00. The van der Waals surface area contributed by atoms with E-state index in [-0.39, 0.29) is 18.7 Å². The Balaban J connectivity index is 2.20. The zero-order valence-corrected chi connectivity index (χ0v) is 11.4. The molecule has 4 nitrogen and oxygen atoms in total. The van der Waals surface area contributed by atoms with Crippen LogP contribution in [0.25, 0.3) is 0 Å². The van der Waals surface area contributed by atoms with E-state index in [9.17, 15) is 14.7 Å². The van der Waals surface area contributed by atoms with Crippen molar-refractivity contribution in [3.63, 3.8) is 0 Å². The molecule has 1 atom stereocenters. The van der Waals surface area contributed by atoms with Gasteiger partial charge in [0.25, 0.3) is 0 Å². The highest BCUT2D eigenvalue weighted by atomic mass is 16.4. The molecule has 1 N–H and O–H groups in total. The van der Waals surface area contributed by atoms with Crippen LogP contribution in [0.4, 0.5) is 5.69 Å². The predicted octanol–water partition coefficient (Wildman–Crippen LogP) is 2.79. The summed E-state index contributed by atoms with van der Waals surface area (Å²) >= 11 is 0. The first-order chi connectivity index (χ1) is 10.2. The second-order valence-corrected chi connectivity index (χ2v) is 5.10.